The van der Waals surface area contributed by atoms with Gasteiger partial charge in [0.2, 0.25) is 5.91 Å². The smallest absolute Gasteiger partial charge is 0.250 e. The standard InChI is InChI=1S/C22H22N2O4S/c1-27-17-12-15-8-10-24(21(26)14-23-9-4-3-7-20(23)25)22(19-6-5-11-29-19)16(15)13-18(17)28-2/h3-7,9,11-13,22H,8,10,14H2,1-2H3/t22-/m1/s1. The van der Waals surface area contributed by atoms with Gasteiger partial charge >= 0.3 is 0 Å². The van der Waals surface area contributed by atoms with Gasteiger partial charge in [-0.05, 0) is 47.2 Å². The minimum Gasteiger partial charge on any atom is -0.493 e. The second-order valence-electron chi connectivity index (χ2n) is 6.83. The van der Waals surface area contributed by atoms with E-state index in [1.54, 1.807) is 43.9 Å². The zero-order chi connectivity index (χ0) is 20.4. The van der Waals surface area contributed by atoms with Crippen molar-refractivity contribution in [3.8, 4) is 11.5 Å². The Balaban J connectivity index is 1.75. The Morgan fingerprint density at radius 3 is 2.62 bits per heavy atom. The third kappa shape index (κ3) is 3.65. The number of thiophene rings is 1. The molecule has 2 aromatic heterocycles. The Kier molecular flexibility index (Phi) is 5.40. The molecule has 6 nitrogen and oxygen atoms in total. The highest BCUT2D eigenvalue weighted by molar-refractivity contribution is 7.10. The lowest BCUT2D eigenvalue weighted by atomic mass is 9.90. The van der Waals surface area contributed by atoms with Crippen molar-refractivity contribution in [1.29, 1.82) is 0 Å². The van der Waals surface area contributed by atoms with Crippen LogP contribution in [0.5, 0.6) is 11.5 Å². The van der Waals surface area contributed by atoms with E-state index < -0.39 is 0 Å². The molecule has 150 valence electrons. The molecule has 0 spiro atoms. The molecule has 1 aromatic carbocycles. The Morgan fingerprint density at radius 1 is 1.14 bits per heavy atom. The molecular formula is C22H22N2O4S. The van der Waals surface area contributed by atoms with Gasteiger partial charge in [-0.25, -0.2) is 0 Å². The number of carbonyl (C=O) groups is 1. The summed E-state index contributed by atoms with van der Waals surface area (Å²) in [6.07, 6.45) is 2.36. The Morgan fingerprint density at radius 2 is 1.93 bits per heavy atom. The number of hydrogen-bond donors (Lipinski definition) is 0. The second kappa shape index (κ2) is 8.13. The highest BCUT2D eigenvalue weighted by Gasteiger charge is 2.34. The van der Waals surface area contributed by atoms with Crippen LogP contribution in [0, 0.1) is 0 Å². The van der Waals surface area contributed by atoms with Crippen LogP contribution in [0.2, 0.25) is 0 Å². The van der Waals surface area contributed by atoms with E-state index in [1.807, 2.05) is 34.5 Å². The van der Waals surface area contributed by atoms with Gasteiger partial charge in [-0.3, -0.25) is 9.59 Å². The minimum absolute atomic E-state index is 0.0180. The predicted molar refractivity (Wildman–Crippen MR) is 112 cm³/mol. The van der Waals surface area contributed by atoms with E-state index in [-0.39, 0.29) is 24.1 Å². The van der Waals surface area contributed by atoms with Crippen molar-refractivity contribution in [1.82, 2.24) is 9.47 Å². The Hall–Kier alpha value is -3.06. The van der Waals surface area contributed by atoms with Crippen LogP contribution in [0.1, 0.15) is 22.0 Å². The van der Waals surface area contributed by atoms with Crippen LogP contribution in [-0.2, 0) is 17.8 Å². The van der Waals surface area contributed by atoms with Gasteiger partial charge in [0.1, 0.15) is 6.54 Å². The summed E-state index contributed by atoms with van der Waals surface area (Å²) in [6, 6.07) is 12.7. The lowest BCUT2D eigenvalue weighted by Crippen LogP contribution is -2.43. The molecule has 3 aromatic rings. The molecule has 0 aliphatic carbocycles. The second-order valence-corrected chi connectivity index (χ2v) is 7.81. The first kappa shape index (κ1) is 19.3. The largest absolute Gasteiger partial charge is 0.493 e. The minimum atomic E-state index is -0.217. The molecule has 4 rings (SSSR count). The number of amides is 1. The van der Waals surface area contributed by atoms with Gasteiger partial charge in [0, 0.05) is 23.7 Å². The highest BCUT2D eigenvalue weighted by Crippen LogP contribution is 2.42. The number of pyridine rings is 1. The van der Waals surface area contributed by atoms with Gasteiger partial charge in [-0.15, -0.1) is 11.3 Å². The highest BCUT2D eigenvalue weighted by atomic mass is 32.1. The van der Waals surface area contributed by atoms with Gasteiger partial charge in [-0.1, -0.05) is 12.1 Å². The summed E-state index contributed by atoms with van der Waals surface area (Å²) in [4.78, 5) is 28.2. The van der Waals surface area contributed by atoms with Crippen LogP contribution in [-0.4, -0.2) is 36.1 Å². The van der Waals surface area contributed by atoms with E-state index in [1.165, 1.54) is 10.6 Å². The van der Waals surface area contributed by atoms with Gasteiger partial charge in [-0.2, -0.15) is 0 Å². The van der Waals surface area contributed by atoms with Gasteiger partial charge < -0.3 is 18.9 Å². The fourth-order valence-corrected chi connectivity index (χ4v) is 4.65. The van der Waals surface area contributed by atoms with E-state index in [4.69, 9.17) is 9.47 Å². The van der Waals surface area contributed by atoms with Crippen molar-refractivity contribution in [2.75, 3.05) is 20.8 Å². The number of rotatable bonds is 5. The number of fused-ring (bicyclic) bond motifs is 1. The van der Waals surface area contributed by atoms with Crippen molar-refractivity contribution in [2.24, 2.45) is 0 Å². The molecule has 29 heavy (non-hydrogen) atoms. The van der Waals surface area contributed by atoms with Crippen LogP contribution in [0.15, 0.2) is 58.8 Å². The Labute approximate surface area is 172 Å². The molecule has 1 amide bonds. The number of hydrogen-bond acceptors (Lipinski definition) is 5. The predicted octanol–water partition coefficient (Wildman–Crippen LogP) is 3.10. The molecule has 0 N–H and O–H groups in total. The maximum Gasteiger partial charge on any atom is 0.250 e. The van der Waals surface area contributed by atoms with Crippen molar-refractivity contribution in [2.45, 2.75) is 19.0 Å². The number of nitrogens with zero attached hydrogens (tertiary/aromatic N) is 2. The normalized spacial score (nSPS) is 15.7. The molecule has 1 aliphatic heterocycles. The van der Waals surface area contributed by atoms with Crippen molar-refractivity contribution in [3.05, 3.63) is 80.4 Å². The third-order valence-corrected chi connectivity index (χ3v) is 6.14. The summed E-state index contributed by atoms with van der Waals surface area (Å²) < 4.78 is 12.4. The zero-order valence-electron chi connectivity index (χ0n) is 16.3. The molecule has 0 saturated heterocycles. The van der Waals surface area contributed by atoms with Gasteiger partial charge in [0.25, 0.3) is 5.56 Å². The van der Waals surface area contributed by atoms with E-state index in [9.17, 15) is 9.59 Å². The van der Waals surface area contributed by atoms with Crippen LogP contribution in [0.4, 0.5) is 0 Å². The number of benzene rings is 1. The molecule has 1 atom stereocenters. The molecule has 1 aliphatic rings. The van der Waals surface area contributed by atoms with Crippen molar-refractivity contribution < 1.29 is 14.3 Å². The maximum atomic E-state index is 13.2. The molecular weight excluding hydrogens is 388 g/mol. The van der Waals surface area contributed by atoms with E-state index >= 15 is 0 Å². The summed E-state index contributed by atoms with van der Waals surface area (Å²) >= 11 is 1.61. The third-order valence-electron chi connectivity index (χ3n) is 5.21. The van der Waals surface area contributed by atoms with Crippen molar-refractivity contribution >= 4 is 17.2 Å². The van der Waals surface area contributed by atoms with E-state index in [2.05, 4.69) is 0 Å². The molecule has 3 heterocycles. The average Bonchev–Trinajstić information content (AvgIpc) is 3.27. The topological polar surface area (TPSA) is 60.8 Å². The zero-order valence-corrected chi connectivity index (χ0v) is 17.1. The quantitative estimate of drug-likeness (QED) is 0.649. The molecule has 0 saturated carbocycles. The van der Waals surface area contributed by atoms with Gasteiger partial charge in [0.05, 0.1) is 20.3 Å². The number of aromatic nitrogens is 1. The summed E-state index contributed by atoms with van der Waals surface area (Å²) in [5.41, 5.74) is 1.99. The van der Waals surface area contributed by atoms with Crippen LogP contribution < -0.4 is 15.0 Å². The fraction of sp³-hybridized carbons (Fsp3) is 0.273. The van der Waals surface area contributed by atoms with E-state index in [0.717, 1.165) is 16.0 Å². The average molecular weight is 410 g/mol. The van der Waals surface area contributed by atoms with Gasteiger partial charge in [0.15, 0.2) is 11.5 Å². The molecule has 0 unspecified atom stereocenters. The maximum absolute atomic E-state index is 13.2. The molecule has 0 radical (unpaired) electrons. The summed E-state index contributed by atoms with van der Waals surface area (Å²) in [7, 11) is 3.23. The van der Waals surface area contributed by atoms with E-state index in [0.29, 0.717) is 24.5 Å². The lowest BCUT2D eigenvalue weighted by molar-refractivity contribution is -0.133. The van der Waals surface area contributed by atoms with Crippen molar-refractivity contribution in [3.63, 3.8) is 0 Å². The Bertz CT molecular complexity index is 1070. The summed E-state index contributed by atoms with van der Waals surface area (Å²) in [5.74, 6) is 1.24. The monoisotopic (exact) mass is 410 g/mol. The van der Waals surface area contributed by atoms with Crippen LogP contribution in [0.3, 0.4) is 0 Å². The van der Waals surface area contributed by atoms with Crippen LogP contribution >= 0.6 is 11.3 Å². The fourth-order valence-electron chi connectivity index (χ4n) is 3.80. The first-order valence-electron chi connectivity index (χ1n) is 9.35. The van der Waals surface area contributed by atoms with Crippen LogP contribution in [0.25, 0.3) is 0 Å². The molecule has 0 fully saturated rings. The molecule has 0 bridgehead atoms. The number of carbonyl (C=O) groups excluding carboxylic acids is 1. The SMILES string of the molecule is COc1cc2c(cc1OC)[C@H](c1cccs1)N(C(=O)Cn1ccccc1=O)CC2. The molecule has 7 heteroatoms. The summed E-state index contributed by atoms with van der Waals surface area (Å²) in [6.45, 7) is 0.593. The lowest BCUT2D eigenvalue weighted by Gasteiger charge is -2.37. The summed E-state index contributed by atoms with van der Waals surface area (Å²) in [5, 5.41) is 2.01. The first-order chi connectivity index (χ1) is 14.1. The number of ether oxygens (including phenoxy) is 2. The number of methoxy groups -OCH3 is 2. The first-order valence-corrected chi connectivity index (χ1v) is 10.2.